The number of halogens is 3. The fourth-order valence-electron chi connectivity index (χ4n) is 1.44. The third kappa shape index (κ3) is 6.65. The average Bonchev–Trinajstić information content (AvgIpc) is 2.47. The molecule has 0 radical (unpaired) electrons. The number of alkyl halides is 3. The van der Waals surface area contributed by atoms with Crippen LogP contribution in [-0.2, 0) is 26.1 Å². The number of hydrogen-bond acceptors (Lipinski definition) is 6. The van der Waals surface area contributed by atoms with Crippen LogP contribution in [0, 0.1) is 0 Å². The van der Waals surface area contributed by atoms with E-state index in [9.17, 15) is 26.4 Å². The van der Waals surface area contributed by atoms with Crippen LogP contribution in [0.2, 0.25) is 0 Å². The van der Waals surface area contributed by atoms with E-state index >= 15 is 0 Å². The zero-order valence-corrected chi connectivity index (χ0v) is 14.5. The zero-order valence-electron chi connectivity index (χ0n) is 13.6. The Hall–Kier alpha value is -1.97. The Labute approximate surface area is 138 Å². The molecule has 0 atom stereocenters. The summed E-state index contributed by atoms with van der Waals surface area (Å²) in [7, 11) is -4.67. The Morgan fingerprint density at radius 1 is 1.12 bits per heavy atom. The van der Waals surface area contributed by atoms with E-state index in [0.717, 1.165) is 19.2 Å². The van der Waals surface area contributed by atoms with Gasteiger partial charge in [-0.05, 0) is 24.6 Å². The third-order valence-corrected chi connectivity index (χ3v) is 3.30. The first kappa shape index (κ1) is 22.0. The van der Waals surface area contributed by atoms with Crippen molar-refractivity contribution in [2.45, 2.75) is 32.7 Å². The van der Waals surface area contributed by atoms with Crippen molar-refractivity contribution in [2.24, 2.45) is 0 Å². The van der Waals surface area contributed by atoms with Crippen LogP contribution in [0.25, 0.3) is 0 Å². The lowest BCUT2D eigenvalue weighted by Crippen LogP contribution is -2.28. The molecule has 0 N–H and O–H groups in total. The molecule has 10 heteroatoms. The molecule has 0 aromatic heterocycles. The summed E-state index contributed by atoms with van der Waals surface area (Å²) in [6.45, 7) is 5.81. The van der Waals surface area contributed by atoms with Gasteiger partial charge in [0.1, 0.15) is 11.5 Å². The quantitative estimate of drug-likeness (QED) is 0.434. The number of rotatable bonds is 6. The molecule has 0 bridgehead atoms. The van der Waals surface area contributed by atoms with Gasteiger partial charge in [0.05, 0.1) is 20.1 Å². The van der Waals surface area contributed by atoms with Crippen molar-refractivity contribution in [3.63, 3.8) is 0 Å². The van der Waals surface area contributed by atoms with E-state index in [2.05, 4.69) is 8.92 Å². The highest BCUT2D eigenvalue weighted by molar-refractivity contribution is 7.88. The molecule has 6 nitrogen and oxygen atoms in total. The molecule has 0 saturated carbocycles. The van der Waals surface area contributed by atoms with Gasteiger partial charge in [-0.15, -0.1) is 0 Å². The van der Waals surface area contributed by atoms with Gasteiger partial charge >= 0.3 is 21.6 Å². The maximum atomic E-state index is 12.3. The largest absolute Gasteiger partial charge is 0.534 e. The van der Waals surface area contributed by atoms with Crippen molar-refractivity contribution >= 4 is 16.1 Å². The lowest BCUT2D eigenvalue weighted by Gasteiger charge is -2.12. The van der Waals surface area contributed by atoms with E-state index in [1.54, 1.807) is 6.92 Å². The molecule has 0 aliphatic heterocycles. The molecular weight excluding hydrogens is 353 g/mol. The van der Waals surface area contributed by atoms with Crippen molar-refractivity contribution in [2.75, 3.05) is 13.7 Å². The topological polar surface area (TPSA) is 78.9 Å². The van der Waals surface area contributed by atoms with Crippen LogP contribution >= 0.6 is 0 Å². The molecular formula is C14H19F3O6S. The molecule has 0 saturated heterocycles. The predicted molar refractivity (Wildman–Crippen MR) is 80.3 cm³/mol. The summed E-state index contributed by atoms with van der Waals surface area (Å²) in [5, 5.41) is 0. The van der Waals surface area contributed by atoms with E-state index in [4.69, 9.17) is 4.74 Å². The second-order valence-corrected chi connectivity index (χ2v) is 5.52. The van der Waals surface area contributed by atoms with Crippen LogP contribution < -0.4 is 8.92 Å². The number of methoxy groups -OCH3 is 1. The molecule has 1 rings (SSSR count). The summed E-state index contributed by atoms with van der Waals surface area (Å²) < 4.78 is 72.5. The molecule has 24 heavy (non-hydrogen) atoms. The first-order valence-corrected chi connectivity index (χ1v) is 8.34. The van der Waals surface area contributed by atoms with Crippen molar-refractivity contribution in [1.29, 1.82) is 0 Å². The summed E-state index contributed by atoms with van der Waals surface area (Å²) in [6, 6.07) is 3.34. The molecule has 0 heterocycles. The Bertz CT molecular complexity index is 640. The minimum Gasteiger partial charge on any atom is -0.494 e. The summed E-state index contributed by atoms with van der Waals surface area (Å²) in [5.41, 5.74) is -5.37. The Kier molecular flexibility index (Phi) is 8.59. The second-order valence-electron chi connectivity index (χ2n) is 3.98. The molecule has 1 aromatic carbocycles. The standard InChI is InChI=1S/C12H13F3O6S.C2H6/c1-3-20-9-4-8(6-11(16)19-2)5-10(7-9)21-22(17,18)12(13,14)15;1-2/h4-5,7H,3,6H2,1-2H3;1-2H3. The first-order chi connectivity index (χ1) is 11.1. The average molecular weight is 372 g/mol. The van der Waals surface area contributed by atoms with E-state index in [0.29, 0.717) is 0 Å². The van der Waals surface area contributed by atoms with Gasteiger partial charge in [0, 0.05) is 6.07 Å². The number of ether oxygens (including phenoxy) is 2. The Morgan fingerprint density at radius 2 is 1.67 bits per heavy atom. The third-order valence-electron chi connectivity index (χ3n) is 2.32. The fourth-order valence-corrected chi connectivity index (χ4v) is 1.89. The smallest absolute Gasteiger partial charge is 0.494 e. The van der Waals surface area contributed by atoms with Crippen molar-refractivity contribution in [3.05, 3.63) is 23.8 Å². The van der Waals surface area contributed by atoms with Crippen LogP contribution in [0.4, 0.5) is 13.2 Å². The fraction of sp³-hybridized carbons (Fsp3) is 0.500. The molecule has 1 aromatic rings. The van der Waals surface area contributed by atoms with E-state index in [-0.39, 0.29) is 24.3 Å². The Morgan fingerprint density at radius 3 is 2.12 bits per heavy atom. The maximum absolute atomic E-state index is 12.3. The van der Waals surface area contributed by atoms with Gasteiger partial charge in [-0.25, -0.2) is 0 Å². The molecule has 0 amide bonds. The highest BCUT2D eigenvalue weighted by Gasteiger charge is 2.48. The maximum Gasteiger partial charge on any atom is 0.534 e. The SMILES string of the molecule is CC.CCOc1cc(CC(=O)OC)cc(OS(=O)(=O)C(F)(F)F)c1. The van der Waals surface area contributed by atoms with Crippen molar-refractivity contribution in [1.82, 2.24) is 0 Å². The lowest BCUT2D eigenvalue weighted by atomic mass is 10.1. The minimum absolute atomic E-state index is 0.0660. The van der Waals surface area contributed by atoms with Gasteiger partial charge in [0.15, 0.2) is 0 Å². The second kappa shape index (κ2) is 9.36. The zero-order chi connectivity index (χ0) is 19.0. The van der Waals surface area contributed by atoms with Gasteiger partial charge in [-0.1, -0.05) is 13.8 Å². The number of hydrogen-bond donors (Lipinski definition) is 0. The molecule has 0 fully saturated rings. The van der Waals surface area contributed by atoms with Gasteiger partial charge in [-0.2, -0.15) is 21.6 Å². The van der Waals surface area contributed by atoms with Crippen LogP contribution in [0.3, 0.4) is 0 Å². The number of carbonyl (C=O) groups excluding carboxylic acids is 1. The predicted octanol–water partition coefficient (Wildman–Crippen LogP) is 3.06. The highest BCUT2D eigenvalue weighted by Crippen LogP contribution is 2.30. The number of carbonyl (C=O) groups is 1. The summed E-state index contributed by atoms with van der Waals surface area (Å²) in [4.78, 5) is 11.2. The van der Waals surface area contributed by atoms with Crippen LogP contribution in [-0.4, -0.2) is 33.6 Å². The summed E-state index contributed by atoms with van der Waals surface area (Å²) in [6.07, 6.45) is -0.278. The van der Waals surface area contributed by atoms with Gasteiger partial charge in [-0.3, -0.25) is 4.79 Å². The number of benzene rings is 1. The lowest BCUT2D eigenvalue weighted by molar-refractivity contribution is -0.139. The van der Waals surface area contributed by atoms with Crippen LogP contribution in [0.5, 0.6) is 11.5 Å². The molecule has 0 unspecified atom stereocenters. The van der Waals surface area contributed by atoms with Gasteiger partial charge in [0.2, 0.25) is 0 Å². The number of esters is 1. The molecule has 138 valence electrons. The van der Waals surface area contributed by atoms with E-state index in [1.807, 2.05) is 13.8 Å². The monoisotopic (exact) mass is 372 g/mol. The molecule has 0 spiro atoms. The normalized spacial score (nSPS) is 11.1. The minimum atomic E-state index is -5.81. The molecule has 0 aliphatic rings. The van der Waals surface area contributed by atoms with E-state index < -0.39 is 27.3 Å². The van der Waals surface area contributed by atoms with Crippen LogP contribution in [0.15, 0.2) is 18.2 Å². The van der Waals surface area contributed by atoms with Crippen molar-refractivity contribution < 1.29 is 40.0 Å². The van der Waals surface area contributed by atoms with E-state index in [1.165, 1.54) is 6.07 Å². The van der Waals surface area contributed by atoms with Crippen LogP contribution in [0.1, 0.15) is 26.3 Å². The van der Waals surface area contributed by atoms with Gasteiger partial charge in [0.25, 0.3) is 0 Å². The highest BCUT2D eigenvalue weighted by atomic mass is 32.2. The summed E-state index contributed by atoms with van der Waals surface area (Å²) >= 11 is 0. The van der Waals surface area contributed by atoms with Crippen molar-refractivity contribution in [3.8, 4) is 11.5 Å². The van der Waals surface area contributed by atoms with Gasteiger partial charge < -0.3 is 13.7 Å². The Balaban J connectivity index is 0.00000254. The first-order valence-electron chi connectivity index (χ1n) is 6.93. The molecule has 0 aliphatic carbocycles. The summed E-state index contributed by atoms with van der Waals surface area (Å²) in [5.74, 6) is -1.20.